The van der Waals surface area contributed by atoms with Crippen molar-refractivity contribution in [1.82, 2.24) is 5.32 Å². The first-order valence-electron chi connectivity index (χ1n) is 8.92. The van der Waals surface area contributed by atoms with Crippen molar-refractivity contribution in [1.29, 1.82) is 0 Å². The summed E-state index contributed by atoms with van der Waals surface area (Å²) in [5.41, 5.74) is 2.94. The first kappa shape index (κ1) is 20.5. The van der Waals surface area contributed by atoms with Gasteiger partial charge in [0.25, 0.3) is 0 Å². The highest BCUT2D eigenvalue weighted by Gasteiger charge is 2.20. The summed E-state index contributed by atoms with van der Waals surface area (Å²) in [6.45, 7) is 0.482. The lowest BCUT2D eigenvalue weighted by Gasteiger charge is -2.30. The van der Waals surface area contributed by atoms with E-state index in [9.17, 15) is 14.7 Å². The third kappa shape index (κ3) is 7.92. The van der Waals surface area contributed by atoms with Gasteiger partial charge in [-0.3, -0.25) is 0 Å². The highest BCUT2D eigenvalue weighted by atomic mass is 16.4. The van der Waals surface area contributed by atoms with Crippen molar-refractivity contribution in [3.05, 3.63) is 65.7 Å². The first-order chi connectivity index (χ1) is 12.7. The molecule has 0 aliphatic rings. The molecule has 0 saturated heterocycles. The van der Waals surface area contributed by atoms with Crippen LogP contribution in [-0.4, -0.2) is 50.2 Å². The summed E-state index contributed by atoms with van der Waals surface area (Å²) in [6.07, 6.45) is 0.545. The monoisotopic (exact) mass is 369 g/mol. The molecule has 2 aromatic rings. The maximum absolute atomic E-state index is 12.3. The van der Waals surface area contributed by atoms with Crippen LogP contribution >= 0.6 is 0 Å². The largest absolute Gasteiger partial charge is 0.550 e. The van der Waals surface area contributed by atoms with E-state index in [2.05, 4.69) is 22.8 Å². The molecule has 0 spiro atoms. The minimum absolute atomic E-state index is 0.225. The molecule has 2 amide bonds. The molecule has 2 N–H and O–H groups in total. The zero-order chi connectivity index (χ0) is 19.9. The fourth-order valence-corrected chi connectivity index (χ4v) is 2.97. The minimum atomic E-state index is -1.18. The highest BCUT2D eigenvalue weighted by Crippen LogP contribution is 2.15. The highest BCUT2D eigenvalue weighted by molar-refractivity contribution is 5.89. The maximum atomic E-state index is 12.3. The van der Waals surface area contributed by atoms with E-state index in [-0.39, 0.29) is 6.42 Å². The number of anilines is 1. The van der Waals surface area contributed by atoms with Crippen molar-refractivity contribution in [2.45, 2.75) is 18.9 Å². The van der Waals surface area contributed by atoms with Gasteiger partial charge < -0.3 is 25.0 Å². The predicted octanol–water partition coefficient (Wildman–Crippen LogP) is 1.61. The van der Waals surface area contributed by atoms with E-state index in [0.717, 1.165) is 12.0 Å². The Hall–Kier alpha value is -2.86. The van der Waals surface area contributed by atoms with Crippen molar-refractivity contribution < 1.29 is 19.2 Å². The Bertz CT molecular complexity index is 770. The van der Waals surface area contributed by atoms with Crippen LogP contribution in [0.3, 0.4) is 0 Å². The molecule has 0 radical (unpaired) electrons. The van der Waals surface area contributed by atoms with Crippen LogP contribution in [0.1, 0.15) is 17.5 Å². The standard InChI is InChI=1S/C21H27N3O3/c1-24(2,3)15-19(14-20(25)26)23-21(27)22-18-11-7-10-17(13-18)12-16-8-5-4-6-9-16/h4-11,13,19H,12,14-15H2,1-3H3,(H2-,22,23,25,26,27). The van der Waals surface area contributed by atoms with Gasteiger partial charge in [0.2, 0.25) is 0 Å². The zero-order valence-electron chi connectivity index (χ0n) is 16.1. The molecule has 2 aromatic carbocycles. The Balaban J connectivity index is 1.99. The van der Waals surface area contributed by atoms with Crippen LogP contribution in [0, 0.1) is 0 Å². The molecule has 2 rings (SSSR count). The molecule has 1 atom stereocenters. The molecule has 0 aromatic heterocycles. The fraction of sp³-hybridized carbons (Fsp3) is 0.333. The van der Waals surface area contributed by atoms with Gasteiger partial charge in [0.05, 0.1) is 33.7 Å². The summed E-state index contributed by atoms with van der Waals surface area (Å²) < 4.78 is 0.533. The van der Waals surface area contributed by atoms with Crippen LogP contribution < -0.4 is 15.7 Å². The van der Waals surface area contributed by atoms with Crippen molar-refractivity contribution in [2.75, 3.05) is 33.0 Å². The van der Waals surface area contributed by atoms with Gasteiger partial charge in [0.1, 0.15) is 0 Å². The van der Waals surface area contributed by atoms with Crippen LogP contribution in [0.5, 0.6) is 0 Å². The van der Waals surface area contributed by atoms with E-state index in [4.69, 9.17) is 0 Å². The van der Waals surface area contributed by atoms with Gasteiger partial charge in [0.15, 0.2) is 0 Å². The van der Waals surface area contributed by atoms with Gasteiger partial charge in [-0.2, -0.15) is 0 Å². The number of urea groups is 1. The van der Waals surface area contributed by atoms with E-state index >= 15 is 0 Å². The number of carboxylic acids is 1. The SMILES string of the molecule is C[N+](C)(C)CC(CC(=O)[O-])NC(=O)Nc1cccc(Cc2ccccc2)c1. The van der Waals surface area contributed by atoms with Crippen LogP contribution in [-0.2, 0) is 11.2 Å². The van der Waals surface area contributed by atoms with Crippen molar-refractivity contribution in [3.8, 4) is 0 Å². The van der Waals surface area contributed by atoms with E-state index in [1.165, 1.54) is 5.56 Å². The number of carbonyl (C=O) groups excluding carboxylic acids is 2. The molecule has 0 saturated carbocycles. The lowest BCUT2D eigenvalue weighted by atomic mass is 10.0. The molecule has 27 heavy (non-hydrogen) atoms. The average molecular weight is 369 g/mol. The second-order valence-corrected chi connectivity index (χ2v) is 7.71. The second-order valence-electron chi connectivity index (χ2n) is 7.71. The summed E-state index contributed by atoms with van der Waals surface area (Å²) in [7, 11) is 5.82. The lowest BCUT2D eigenvalue weighted by molar-refractivity contribution is -0.871. The first-order valence-corrected chi connectivity index (χ1v) is 8.92. The number of likely N-dealkylation sites (N-methyl/N-ethyl adjacent to an activating group) is 1. The van der Waals surface area contributed by atoms with Crippen LogP contribution in [0.2, 0.25) is 0 Å². The normalized spacial score (nSPS) is 12.3. The predicted molar refractivity (Wildman–Crippen MR) is 104 cm³/mol. The van der Waals surface area contributed by atoms with Crippen molar-refractivity contribution >= 4 is 17.7 Å². The Morgan fingerprint density at radius 2 is 1.67 bits per heavy atom. The summed E-state index contributed by atoms with van der Waals surface area (Å²) in [4.78, 5) is 23.3. The number of carboxylic acid groups (broad SMARTS) is 1. The molecule has 144 valence electrons. The fourth-order valence-electron chi connectivity index (χ4n) is 2.97. The quantitative estimate of drug-likeness (QED) is 0.694. The number of hydrogen-bond donors (Lipinski definition) is 2. The summed E-state index contributed by atoms with van der Waals surface area (Å²) >= 11 is 0. The number of rotatable bonds is 8. The van der Waals surface area contributed by atoms with E-state index in [1.807, 2.05) is 63.6 Å². The van der Waals surface area contributed by atoms with Gasteiger partial charge in [-0.1, -0.05) is 42.5 Å². The third-order valence-electron chi connectivity index (χ3n) is 3.95. The van der Waals surface area contributed by atoms with Crippen LogP contribution in [0.25, 0.3) is 0 Å². The number of benzene rings is 2. The molecule has 6 heteroatoms. The third-order valence-corrected chi connectivity index (χ3v) is 3.95. The number of quaternary nitrogens is 1. The maximum Gasteiger partial charge on any atom is 0.319 e. The summed E-state index contributed by atoms with van der Waals surface area (Å²) in [6, 6.07) is 16.8. The van der Waals surface area contributed by atoms with E-state index in [1.54, 1.807) is 0 Å². The number of nitrogens with one attached hydrogen (secondary N) is 2. The Morgan fingerprint density at radius 1 is 1.00 bits per heavy atom. The molecule has 0 heterocycles. The van der Waals surface area contributed by atoms with Gasteiger partial charge >= 0.3 is 6.03 Å². The van der Waals surface area contributed by atoms with Crippen molar-refractivity contribution in [3.63, 3.8) is 0 Å². The van der Waals surface area contributed by atoms with Gasteiger partial charge in [0, 0.05) is 18.1 Å². The molecule has 0 aliphatic carbocycles. The zero-order valence-corrected chi connectivity index (χ0v) is 16.1. The van der Waals surface area contributed by atoms with Gasteiger partial charge in [-0.15, -0.1) is 0 Å². The van der Waals surface area contributed by atoms with Crippen LogP contribution in [0.4, 0.5) is 10.5 Å². The lowest BCUT2D eigenvalue weighted by Crippen LogP contribution is -2.51. The molecule has 0 aliphatic heterocycles. The molecule has 1 unspecified atom stereocenters. The topological polar surface area (TPSA) is 81.3 Å². The van der Waals surface area contributed by atoms with Gasteiger partial charge in [-0.25, -0.2) is 4.79 Å². The Labute approximate surface area is 160 Å². The number of amides is 2. The molecule has 6 nitrogen and oxygen atoms in total. The minimum Gasteiger partial charge on any atom is -0.550 e. The Morgan fingerprint density at radius 3 is 2.30 bits per heavy atom. The molecular formula is C21H27N3O3. The van der Waals surface area contributed by atoms with Gasteiger partial charge in [-0.05, 0) is 29.7 Å². The van der Waals surface area contributed by atoms with Crippen molar-refractivity contribution in [2.24, 2.45) is 0 Å². The molecule has 0 bridgehead atoms. The smallest absolute Gasteiger partial charge is 0.319 e. The Kier molecular flexibility index (Phi) is 6.96. The van der Waals surface area contributed by atoms with E-state index in [0.29, 0.717) is 16.7 Å². The number of hydrogen-bond acceptors (Lipinski definition) is 3. The molecule has 0 fully saturated rings. The van der Waals surface area contributed by atoms with Crippen LogP contribution in [0.15, 0.2) is 54.6 Å². The number of nitrogens with zero attached hydrogens (tertiary/aromatic N) is 1. The summed E-state index contributed by atoms with van der Waals surface area (Å²) in [5, 5.41) is 16.5. The number of aliphatic carboxylic acids is 1. The second kappa shape index (κ2) is 9.19. The van der Waals surface area contributed by atoms with E-state index < -0.39 is 18.0 Å². The molecular weight excluding hydrogens is 342 g/mol. The summed E-state index contributed by atoms with van der Waals surface area (Å²) in [5.74, 6) is -1.18. The average Bonchev–Trinajstić information content (AvgIpc) is 2.53. The number of carbonyl (C=O) groups is 2.